The Hall–Kier alpha value is -5.13. The minimum absolute atomic E-state index is 0.0239. The topological polar surface area (TPSA) is 136 Å². The Labute approximate surface area is 273 Å². The minimum atomic E-state index is -0.855. The molecule has 3 aliphatic rings. The molecule has 0 spiro atoms. The maximum Gasteiger partial charge on any atom is 0.329 e. The minimum Gasteiger partial charge on any atom is -0.461 e. The number of para-hydroxylation sites is 1. The molecule has 2 fully saturated rings. The van der Waals surface area contributed by atoms with Crippen LogP contribution in [0.5, 0.6) is 0 Å². The van der Waals surface area contributed by atoms with Gasteiger partial charge in [0.2, 0.25) is 0 Å². The lowest BCUT2D eigenvalue weighted by molar-refractivity contribution is -0.152. The third-order valence-electron chi connectivity index (χ3n) is 9.63. The summed E-state index contributed by atoms with van der Waals surface area (Å²) in [6.45, 7) is 5.05. The largest absolute Gasteiger partial charge is 0.461 e. The first-order valence-corrected chi connectivity index (χ1v) is 16.4. The monoisotopic (exact) mass is 636 g/mol. The Morgan fingerprint density at radius 1 is 1.02 bits per heavy atom. The molecule has 3 aliphatic heterocycles. The van der Waals surface area contributed by atoms with Gasteiger partial charge < -0.3 is 30.1 Å². The lowest BCUT2D eigenvalue weighted by Gasteiger charge is -2.40. The van der Waals surface area contributed by atoms with Crippen LogP contribution in [0.15, 0.2) is 67.1 Å². The predicted octanol–water partition coefficient (Wildman–Crippen LogP) is 4.61. The highest BCUT2D eigenvalue weighted by molar-refractivity contribution is 5.92. The number of fused-ring (bicyclic) bond motifs is 2. The van der Waals surface area contributed by atoms with Crippen LogP contribution in [-0.4, -0.2) is 87.4 Å². The summed E-state index contributed by atoms with van der Waals surface area (Å²) in [7, 11) is 0. The van der Waals surface area contributed by atoms with Crippen LogP contribution in [0.4, 0.5) is 21.0 Å². The molecule has 0 radical (unpaired) electrons. The van der Waals surface area contributed by atoms with Gasteiger partial charge in [-0.25, -0.2) is 14.4 Å². The molecule has 7 rings (SSSR count). The first-order valence-electron chi connectivity index (χ1n) is 16.4. The number of pyridine rings is 1. The quantitative estimate of drug-likeness (QED) is 0.252. The van der Waals surface area contributed by atoms with Crippen molar-refractivity contribution < 1.29 is 19.1 Å². The Morgan fingerprint density at radius 3 is 2.57 bits per heavy atom. The molecule has 47 heavy (non-hydrogen) atoms. The molecule has 12 nitrogen and oxygen atoms in total. The number of aromatic nitrogens is 3. The number of carbonyl (C=O) groups is 3. The second-order valence-electron chi connectivity index (χ2n) is 12.7. The normalized spacial score (nSPS) is 18.1. The predicted molar refractivity (Wildman–Crippen MR) is 178 cm³/mol. The van der Waals surface area contributed by atoms with E-state index in [0.29, 0.717) is 51.7 Å². The molecule has 0 bridgehead atoms. The van der Waals surface area contributed by atoms with Crippen LogP contribution in [0.3, 0.4) is 0 Å². The number of anilines is 2. The van der Waals surface area contributed by atoms with Gasteiger partial charge in [0.1, 0.15) is 12.1 Å². The van der Waals surface area contributed by atoms with E-state index in [-0.39, 0.29) is 24.2 Å². The van der Waals surface area contributed by atoms with Crippen molar-refractivity contribution in [2.75, 3.05) is 36.4 Å². The van der Waals surface area contributed by atoms with E-state index in [1.54, 1.807) is 23.5 Å². The number of amides is 4. The van der Waals surface area contributed by atoms with Crippen molar-refractivity contribution in [2.45, 2.75) is 63.8 Å². The second-order valence-corrected chi connectivity index (χ2v) is 12.7. The molecule has 4 amide bonds. The number of H-pyrrole nitrogens is 1. The third-order valence-corrected chi connectivity index (χ3v) is 9.63. The molecule has 1 unspecified atom stereocenters. The van der Waals surface area contributed by atoms with Gasteiger partial charge in [-0.15, -0.1) is 0 Å². The molecule has 5 heterocycles. The molecule has 4 aromatic rings. The molecule has 2 aromatic heterocycles. The summed E-state index contributed by atoms with van der Waals surface area (Å²) in [5.74, 6) is -0.427. The first-order chi connectivity index (χ1) is 22.9. The number of hydrogen-bond acceptors (Lipinski definition) is 7. The number of ether oxygens (including phenoxy) is 1. The molecule has 1 atom stereocenters. The lowest BCUT2D eigenvalue weighted by Crippen LogP contribution is -2.55. The third kappa shape index (κ3) is 6.72. The highest BCUT2D eigenvalue weighted by Gasteiger charge is 2.34. The van der Waals surface area contributed by atoms with Crippen molar-refractivity contribution in [3.8, 4) is 0 Å². The fourth-order valence-electron chi connectivity index (χ4n) is 7.03. The van der Waals surface area contributed by atoms with E-state index in [4.69, 9.17) is 4.74 Å². The van der Waals surface area contributed by atoms with Crippen LogP contribution in [0.2, 0.25) is 0 Å². The Kier molecular flexibility index (Phi) is 8.64. The van der Waals surface area contributed by atoms with E-state index in [9.17, 15) is 14.4 Å². The standard InChI is InChI=1S/C35H40N8O4/c1-23-18-24(19-26-21-37-40-32(23)26)20-31(33(44)47-29-10-16-41(17-11-29)27-6-12-36-13-7-27)39-34(45)42-14-8-28(9-15-42)43-22-25-4-2-3-5-30(25)38-35(43)46/h2-7,12-13,18-19,21,28-29,31H,8-11,14-17,20,22H2,1H3,(H,37,40)(H,38,46)(H,39,45). The van der Waals surface area contributed by atoms with Gasteiger partial charge in [0, 0.05) is 87.2 Å². The fraction of sp³-hybridized carbons (Fsp3) is 0.400. The van der Waals surface area contributed by atoms with Crippen LogP contribution >= 0.6 is 0 Å². The number of esters is 1. The molecule has 0 aliphatic carbocycles. The summed E-state index contributed by atoms with van der Waals surface area (Å²) < 4.78 is 6.06. The zero-order chi connectivity index (χ0) is 32.3. The summed E-state index contributed by atoms with van der Waals surface area (Å²) in [5.41, 5.74) is 5.93. The number of urea groups is 2. The fourth-order valence-corrected chi connectivity index (χ4v) is 7.03. The maximum atomic E-state index is 13.7. The molecule has 2 aromatic carbocycles. The Morgan fingerprint density at radius 2 is 1.79 bits per heavy atom. The van der Waals surface area contributed by atoms with Crippen LogP contribution in [-0.2, 0) is 22.5 Å². The van der Waals surface area contributed by atoms with Crippen LogP contribution in [0.25, 0.3) is 10.9 Å². The van der Waals surface area contributed by atoms with E-state index in [2.05, 4.69) is 30.7 Å². The highest BCUT2D eigenvalue weighted by Crippen LogP contribution is 2.28. The van der Waals surface area contributed by atoms with Crippen molar-refractivity contribution in [1.29, 1.82) is 0 Å². The van der Waals surface area contributed by atoms with Gasteiger partial charge in [0.25, 0.3) is 0 Å². The van der Waals surface area contributed by atoms with E-state index < -0.39 is 12.0 Å². The van der Waals surface area contributed by atoms with E-state index in [1.807, 2.05) is 60.4 Å². The van der Waals surface area contributed by atoms with E-state index in [1.165, 1.54) is 0 Å². The van der Waals surface area contributed by atoms with Crippen LogP contribution in [0, 0.1) is 6.92 Å². The molecular weight excluding hydrogens is 596 g/mol. The van der Waals surface area contributed by atoms with Crippen molar-refractivity contribution in [3.05, 3.63) is 83.8 Å². The average Bonchev–Trinajstić information content (AvgIpc) is 3.58. The lowest BCUT2D eigenvalue weighted by atomic mass is 10.0. The van der Waals surface area contributed by atoms with Crippen molar-refractivity contribution in [2.24, 2.45) is 0 Å². The number of aryl methyl sites for hydroxylation is 1. The van der Waals surface area contributed by atoms with Gasteiger partial charge in [-0.1, -0.05) is 24.3 Å². The van der Waals surface area contributed by atoms with E-state index >= 15 is 0 Å². The van der Waals surface area contributed by atoms with Crippen LogP contribution < -0.4 is 15.5 Å². The summed E-state index contributed by atoms with van der Waals surface area (Å²) in [6.07, 6.45) is 8.12. The molecule has 0 saturated carbocycles. The van der Waals surface area contributed by atoms with Crippen molar-refractivity contribution in [3.63, 3.8) is 0 Å². The van der Waals surface area contributed by atoms with Crippen molar-refractivity contribution in [1.82, 2.24) is 30.3 Å². The Bertz CT molecular complexity index is 1740. The summed E-state index contributed by atoms with van der Waals surface area (Å²) in [6, 6.07) is 14.6. The number of hydrogen-bond donors (Lipinski definition) is 3. The summed E-state index contributed by atoms with van der Waals surface area (Å²) in [5, 5.41) is 14.1. The smallest absolute Gasteiger partial charge is 0.329 e. The average molecular weight is 637 g/mol. The summed E-state index contributed by atoms with van der Waals surface area (Å²) in [4.78, 5) is 50.2. The number of nitrogens with one attached hydrogen (secondary N) is 3. The number of benzene rings is 2. The highest BCUT2D eigenvalue weighted by atomic mass is 16.5. The number of piperidine rings is 2. The summed E-state index contributed by atoms with van der Waals surface area (Å²) >= 11 is 0. The SMILES string of the molecule is Cc1cc(CC(NC(=O)N2CCC(N3Cc4ccccc4NC3=O)CC2)C(=O)OC2CCN(c3ccncc3)CC2)cc2cn[nH]c12. The molecular formula is C35H40N8O4. The number of nitrogens with zero attached hydrogens (tertiary/aromatic N) is 5. The maximum absolute atomic E-state index is 13.7. The first kappa shape index (κ1) is 30.5. The van der Waals surface area contributed by atoms with Crippen LogP contribution in [0.1, 0.15) is 42.4 Å². The second kappa shape index (κ2) is 13.3. The Balaban J connectivity index is 0.997. The number of likely N-dealkylation sites (tertiary alicyclic amines) is 1. The molecule has 3 N–H and O–H groups in total. The number of carbonyl (C=O) groups excluding carboxylic acids is 3. The van der Waals surface area contributed by atoms with Gasteiger partial charge in [0.15, 0.2) is 0 Å². The molecule has 12 heteroatoms. The number of rotatable bonds is 7. The van der Waals surface area contributed by atoms with Crippen molar-refractivity contribution >= 4 is 40.3 Å². The zero-order valence-corrected chi connectivity index (χ0v) is 26.5. The van der Waals surface area contributed by atoms with Gasteiger partial charge in [-0.3, -0.25) is 10.1 Å². The van der Waals surface area contributed by atoms with E-state index in [0.717, 1.165) is 52.1 Å². The molecule has 2 saturated heterocycles. The van der Waals surface area contributed by atoms with Gasteiger partial charge >= 0.3 is 18.0 Å². The van der Waals surface area contributed by atoms with Gasteiger partial charge in [-0.05, 0) is 60.7 Å². The number of aromatic amines is 1. The zero-order valence-electron chi connectivity index (χ0n) is 26.5. The van der Waals surface area contributed by atoms with Gasteiger partial charge in [-0.2, -0.15) is 5.10 Å². The molecule has 244 valence electrons. The van der Waals surface area contributed by atoms with Gasteiger partial charge in [0.05, 0.1) is 11.7 Å².